The van der Waals surface area contributed by atoms with Crippen LogP contribution >= 0.6 is 24.8 Å². The largest absolute Gasteiger partial charge is 0.416 e. The molecule has 0 unspecified atom stereocenters. The van der Waals surface area contributed by atoms with Crippen LogP contribution in [0.1, 0.15) is 12.5 Å². The van der Waals surface area contributed by atoms with Gasteiger partial charge in [-0.25, -0.2) is 0 Å². The SMILES string of the molecule is C[C@@H]1CNCCN1c1cccc(C(F)(F)F)c1.Cl.Cl. The first-order valence-corrected chi connectivity index (χ1v) is 5.63. The van der Waals surface area contributed by atoms with Gasteiger partial charge in [-0.05, 0) is 25.1 Å². The molecule has 0 amide bonds. The van der Waals surface area contributed by atoms with Crippen molar-refractivity contribution in [1.82, 2.24) is 5.32 Å². The van der Waals surface area contributed by atoms with Gasteiger partial charge in [0.2, 0.25) is 0 Å². The van der Waals surface area contributed by atoms with Crippen LogP contribution in [0.15, 0.2) is 24.3 Å². The molecule has 110 valence electrons. The van der Waals surface area contributed by atoms with E-state index in [1.807, 2.05) is 11.8 Å². The van der Waals surface area contributed by atoms with Gasteiger partial charge in [-0.2, -0.15) is 13.2 Å². The van der Waals surface area contributed by atoms with Crippen LogP contribution in [0.3, 0.4) is 0 Å². The fraction of sp³-hybridized carbons (Fsp3) is 0.500. The Morgan fingerprint density at radius 3 is 2.53 bits per heavy atom. The van der Waals surface area contributed by atoms with Crippen molar-refractivity contribution in [1.29, 1.82) is 0 Å². The van der Waals surface area contributed by atoms with E-state index in [0.717, 1.165) is 25.7 Å². The molecule has 0 aromatic heterocycles. The zero-order chi connectivity index (χ0) is 12.5. The van der Waals surface area contributed by atoms with E-state index in [1.165, 1.54) is 12.1 Å². The minimum atomic E-state index is -4.27. The molecule has 7 heteroatoms. The van der Waals surface area contributed by atoms with Gasteiger partial charge >= 0.3 is 6.18 Å². The van der Waals surface area contributed by atoms with Crippen molar-refractivity contribution in [2.24, 2.45) is 0 Å². The van der Waals surface area contributed by atoms with Gasteiger partial charge in [0.25, 0.3) is 0 Å². The number of rotatable bonds is 1. The molecule has 1 atom stereocenters. The average Bonchev–Trinajstić information content (AvgIpc) is 2.29. The van der Waals surface area contributed by atoms with Gasteiger partial charge in [0, 0.05) is 31.4 Å². The molecule has 1 N–H and O–H groups in total. The number of anilines is 1. The number of hydrogen-bond donors (Lipinski definition) is 1. The summed E-state index contributed by atoms with van der Waals surface area (Å²) in [5, 5.41) is 3.22. The van der Waals surface area contributed by atoms with Gasteiger partial charge in [0.05, 0.1) is 5.56 Å². The molecular weight excluding hydrogens is 300 g/mol. The lowest BCUT2D eigenvalue weighted by Gasteiger charge is -2.36. The van der Waals surface area contributed by atoms with Crippen LogP contribution in [0.5, 0.6) is 0 Å². The Hall–Kier alpha value is -0.650. The summed E-state index contributed by atoms with van der Waals surface area (Å²) in [5.41, 5.74) is 0.0644. The highest BCUT2D eigenvalue weighted by molar-refractivity contribution is 5.85. The van der Waals surface area contributed by atoms with Crippen LogP contribution in [0.4, 0.5) is 18.9 Å². The van der Waals surface area contributed by atoms with Crippen molar-refractivity contribution in [3.05, 3.63) is 29.8 Å². The first-order chi connectivity index (χ1) is 7.98. The number of nitrogens with zero attached hydrogens (tertiary/aromatic N) is 1. The molecule has 0 spiro atoms. The molecule has 0 saturated carbocycles. The Balaban J connectivity index is 0.00000162. The number of piperazine rings is 1. The Morgan fingerprint density at radius 2 is 1.95 bits per heavy atom. The molecule has 1 heterocycles. The lowest BCUT2D eigenvalue weighted by atomic mass is 10.1. The van der Waals surface area contributed by atoms with Gasteiger partial charge in [0.15, 0.2) is 0 Å². The van der Waals surface area contributed by atoms with E-state index in [9.17, 15) is 13.2 Å². The highest BCUT2D eigenvalue weighted by Gasteiger charge is 2.31. The quantitative estimate of drug-likeness (QED) is 0.854. The minimum absolute atomic E-state index is 0. The number of halogens is 5. The zero-order valence-corrected chi connectivity index (χ0v) is 12.0. The summed E-state index contributed by atoms with van der Waals surface area (Å²) in [6.45, 7) is 4.35. The van der Waals surface area contributed by atoms with E-state index in [2.05, 4.69) is 5.32 Å². The summed E-state index contributed by atoms with van der Waals surface area (Å²) >= 11 is 0. The molecule has 19 heavy (non-hydrogen) atoms. The van der Waals surface area contributed by atoms with Crippen LogP contribution in [0.25, 0.3) is 0 Å². The highest BCUT2D eigenvalue weighted by atomic mass is 35.5. The Labute approximate surface area is 123 Å². The molecule has 0 bridgehead atoms. The maximum atomic E-state index is 12.6. The summed E-state index contributed by atoms with van der Waals surface area (Å²) in [7, 11) is 0. The molecule has 1 aliphatic rings. The Bertz CT molecular complexity index is 399. The van der Waals surface area contributed by atoms with Crippen molar-refractivity contribution in [2.45, 2.75) is 19.1 Å². The Kier molecular flexibility index (Phi) is 6.97. The number of nitrogens with one attached hydrogen (secondary N) is 1. The first kappa shape index (κ1) is 18.4. The Morgan fingerprint density at radius 1 is 1.26 bits per heavy atom. The molecule has 0 radical (unpaired) electrons. The zero-order valence-electron chi connectivity index (χ0n) is 10.4. The number of benzene rings is 1. The summed E-state index contributed by atoms with van der Waals surface area (Å²) < 4.78 is 37.8. The summed E-state index contributed by atoms with van der Waals surface area (Å²) in [6, 6.07) is 5.74. The molecule has 2 nitrogen and oxygen atoms in total. The van der Waals surface area contributed by atoms with Crippen molar-refractivity contribution in [3.63, 3.8) is 0 Å². The molecule has 1 aromatic carbocycles. The summed E-state index contributed by atoms with van der Waals surface area (Å²) in [6.07, 6.45) is -4.27. The van der Waals surface area contributed by atoms with Crippen LogP contribution in [-0.2, 0) is 6.18 Å². The van der Waals surface area contributed by atoms with Gasteiger partial charge in [-0.3, -0.25) is 0 Å². The molecule has 2 rings (SSSR count). The molecule has 1 aromatic rings. The fourth-order valence-electron chi connectivity index (χ4n) is 2.09. The second-order valence-electron chi connectivity index (χ2n) is 4.29. The second-order valence-corrected chi connectivity index (χ2v) is 4.29. The smallest absolute Gasteiger partial charge is 0.366 e. The van der Waals surface area contributed by atoms with E-state index in [-0.39, 0.29) is 30.9 Å². The molecule has 1 fully saturated rings. The van der Waals surface area contributed by atoms with Crippen LogP contribution < -0.4 is 10.2 Å². The lowest BCUT2D eigenvalue weighted by molar-refractivity contribution is -0.137. The van der Waals surface area contributed by atoms with E-state index in [4.69, 9.17) is 0 Å². The third-order valence-corrected chi connectivity index (χ3v) is 3.01. The van der Waals surface area contributed by atoms with E-state index in [1.54, 1.807) is 6.07 Å². The fourth-order valence-corrected chi connectivity index (χ4v) is 2.09. The first-order valence-electron chi connectivity index (χ1n) is 5.63. The topological polar surface area (TPSA) is 15.3 Å². The van der Waals surface area contributed by atoms with E-state index in [0.29, 0.717) is 5.69 Å². The number of alkyl halides is 3. The predicted octanol–water partition coefficient (Wildman–Crippen LogP) is 3.35. The van der Waals surface area contributed by atoms with Gasteiger partial charge in [-0.15, -0.1) is 24.8 Å². The van der Waals surface area contributed by atoms with Crippen molar-refractivity contribution in [2.75, 3.05) is 24.5 Å². The molecule has 1 saturated heterocycles. The maximum absolute atomic E-state index is 12.6. The standard InChI is InChI=1S/C12H15F3N2.2ClH/c1-9-8-16-5-6-17(9)11-4-2-3-10(7-11)12(13,14)15;;/h2-4,7,9,16H,5-6,8H2,1H3;2*1H/t9-;;/m1../s1. The lowest BCUT2D eigenvalue weighted by Crippen LogP contribution is -2.49. The van der Waals surface area contributed by atoms with Crippen molar-refractivity contribution < 1.29 is 13.2 Å². The third kappa shape index (κ3) is 4.44. The van der Waals surface area contributed by atoms with Crippen LogP contribution in [-0.4, -0.2) is 25.7 Å². The van der Waals surface area contributed by atoms with Gasteiger partial charge < -0.3 is 10.2 Å². The number of hydrogen-bond acceptors (Lipinski definition) is 2. The van der Waals surface area contributed by atoms with Crippen molar-refractivity contribution in [3.8, 4) is 0 Å². The average molecular weight is 317 g/mol. The normalized spacial score (nSPS) is 19.4. The van der Waals surface area contributed by atoms with E-state index < -0.39 is 11.7 Å². The second kappa shape index (κ2) is 7.22. The van der Waals surface area contributed by atoms with E-state index >= 15 is 0 Å². The maximum Gasteiger partial charge on any atom is 0.416 e. The summed E-state index contributed by atoms with van der Waals surface area (Å²) in [4.78, 5) is 2.01. The van der Waals surface area contributed by atoms with Crippen LogP contribution in [0.2, 0.25) is 0 Å². The predicted molar refractivity (Wildman–Crippen MR) is 75.6 cm³/mol. The van der Waals surface area contributed by atoms with Gasteiger partial charge in [0.1, 0.15) is 0 Å². The van der Waals surface area contributed by atoms with Gasteiger partial charge in [-0.1, -0.05) is 6.07 Å². The van der Waals surface area contributed by atoms with Crippen molar-refractivity contribution >= 4 is 30.5 Å². The minimum Gasteiger partial charge on any atom is -0.366 e. The highest BCUT2D eigenvalue weighted by Crippen LogP contribution is 2.32. The molecule has 1 aliphatic heterocycles. The third-order valence-electron chi connectivity index (χ3n) is 3.01. The summed E-state index contributed by atoms with van der Waals surface area (Å²) in [5.74, 6) is 0. The monoisotopic (exact) mass is 316 g/mol. The molecule has 0 aliphatic carbocycles. The molecular formula is C12H17Cl2F3N2. The van der Waals surface area contributed by atoms with Crippen LogP contribution in [0, 0.1) is 0 Å².